The van der Waals surface area contributed by atoms with Crippen molar-refractivity contribution in [2.45, 2.75) is 52.2 Å². The number of hydrogen-bond acceptors (Lipinski definition) is 3. The van der Waals surface area contributed by atoms with E-state index in [9.17, 15) is 0 Å². The van der Waals surface area contributed by atoms with E-state index in [0.717, 1.165) is 11.9 Å². The predicted octanol–water partition coefficient (Wildman–Crippen LogP) is 2.75. The average Bonchev–Trinajstić information content (AvgIpc) is 2.61. The van der Waals surface area contributed by atoms with Crippen molar-refractivity contribution >= 4 is 18.3 Å². The lowest BCUT2D eigenvalue weighted by Gasteiger charge is -2.35. The number of anilines is 1. The van der Waals surface area contributed by atoms with Gasteiger partial charge in [-0.2, -0.15) is 0 Å². The summed E-state index contributed by atoms with van der Waals surface area (Å²) in [6.45, 7) is 10.6. The molecule has 4 heteroatoms. The Morgan fingerprint density at radius 2 is 1.80 bits per heavy atom. The summed E-state index contributed by atoms with van der Waals surface area (Å²) in [6.07, 6.45) is 0.933. The molecule has 0 aromatic heterocycles. The van der Waals surface area contributed by atoms with Gasteiger partial charge in [0.1, 0.15) is 0 Å². The third-order valence-electron chi connectivity index (χ3n) is 4.70. The number of hydrogen-bond donors (Lipinski definition) is 0. The Kier molecular flexibility index (Phi) is 3.91. The molecular weight excluding hydrogens is 249 g/mol. The van der Waals surface area contributed by atoms with Gasteiger partial charge in [-0.15, -0.1) is 0 Å². The molecule has 0 spiro atoms. The summed E-state index contributed by atoms with van der Waals surface area (Å²) in [7, 11) is 3.83. The van der Waals surface area contributed by atoms with Gasteiger partial charge in [0.15, 0.2) is 0 Å². The van der Waals surface area contributed by atoms with Crippen LogP contribution in [0.25, 0.3) is 0 Å². The van der Waals surface area contributed by atoms with E-state index >= 15 is 0 Å². The molecule has 1 aliphatic rings. The monoisotopic (exact) mass is 275 g/mol. The second-order valence-corrected chi connectivity index (χ2v) is 6.60. The topological polar surface area (TPSA) is 21.7 Å². The predicted molar refractivity (Wildman–Crippen MR) is 85.8 cm³/mol. The Labute approximate surface area is 123 Å². The Hall–Kier alpha value is -0.995. The molecule has 0 radical (unpaired) electrons. The van der Waals surface area contributed by atoms with Crippen molar-refractivity contribution in [1.29, 1.82) is 0 Å². The first-order chi connectivity index (χ1) is 9.20. The second kappa shape index (κ2) is 5.08. The highest BCUT2D eigenvalue weighted by Gasteiger charge is 2.53. The molecule has 0 amide bonds. The van der Waals surface area contributed by atoms with Crippen molar-refractivity contribution in [2.24, 2.45) is 0 Å². The third kappa shape index (κ3) is 2.47. The maximum atomic E-state index is 6.23. The molecule has 1 aliphatic heterocycles. The van der Waals surface area contributed by atoms with Gasteiger partial charge in [-0.3, -0.25) is 0 Å². The van der Waals surface area contributed by atoms with Crippen LogP contribution in [0.2, 0.25) is 0 Å². The molecule has 1 fully saturated rings. The van der Waals surface area contributed by atoms with Crippen LogP contribution in [-0.4, -0.2) is 32.4 Å². The smallest absolute Gasteiger partial charge is 0.399 e. The minimum Gasteiger partial charge on any atom is -0.399 e. The van der Waals surface area contributed by atoms with Gasteiger partial charge in [0.05, 0.1) is 11.2 Å². The van der Waals surface area contributed by atoms with Gasteiger partial charge in [-0.25, -0.2) is 0 Å². The van der Waals surface area contributed by atoms with Gasteiger partial charge in [-0.05, 0) is 51.2 Å². The zero-order chi connectivity index (χ0) is 15.1. The first kappa shape index (κ1) is 15.4. The molecule has 1 unspecified atom stereocenters. The fraction of sp³-hybridized carbons (Fsp3) is 0.625. The van der Waals surface area contributed by atoms with E-state index in [1.807, 2.05) is 0 Å². The summed E-state index contributed by atoms with van der Waals surface area (Å²) in [6, 6.07) is 6.40. The van der Waals surface area contributed by atoms with Crippen molar-refractivity contribution in [3.05, 3.63) is 23.8 Å². The third-order valence-corrected chi connectivity index (χ3v) is 4.70. The first-order valence-electron chi connectivity index (χ1n) is 7.34. The molecule has 0 N–H and O–H groups in total. The van der Waals surface area contributed by atoms with Crippen molar-refractivity contribution in [3.63, 3.8) is 0 Å². The Morgan fingerprint density at radius 3 is 2.30 bits per heavy atom. The van der Waals surface area contributed by atoms with Crippen LogP contribution in [0.3, 0.4) is 0 Å². The SMILES string of the molecule is CCC1(C)OB(c2ccc(C)c(N(C)C)c2)OC1(C)C. The van der Waals surface area contributed by atoms with E-state index in [1.165, 1.54) is 11.3 Å². The van der Waals surface area contributed by atoms with Gasteiger partial charge < -0.3 is 14.2 Å². The summed E-state index contributed by atoms with van der Waals surface area (Å²) in [4.78, 5) is 2.12. The standard InChI is InChI=1S/C16H26BNO2/c1-8-16(5)15(3,4)19-17(20-16)13-10-9-12(2)14(11-13)18(6)7/h9-11H,8H2,1-7H3. The van der Waals surface area contributed by atoms with Crippen LogP contribution >= 0.6 is 0 Å². The first-order valence-corrected chi connectivity index (χ1v) is 7.34. The number of aryl methyl sites for hydroxylation is 1. The van der Waals surface area contributed by atoms with Gasteiger partial charge in [0.25, 0.3) is 0 Å². The molecule has 3 nitrogen and oxygen atoms in total. The van der Waals surface area contributed by atoms with E-state index in [2.05, 4.69) is 71.8 Å². The number of nitrogens with zero attached hydrogens (tertiary/aromatic N) is 1. The highest BCUT2D eigenvalue weighted by atomic mass is 16.7. The van der Waals surface area contributed by atoms with E-state index in [1.54, 1.807) is 0 Å². The lowest BCUT2D eigenvalue weighted by molar-refractivity contribution is -0.0118. The molecular formula is C16H26BNO2. The van der Waals surface area contributed by atoms with Crippen LogP contribution in [0.5, 0.6) is 0 Å². The Balaban J connectivity index is 2.33. The minimum atomic E-state index is -0.283. The quantitative estimate of drug-likeness (QED) is 0.792. The molecule has 1 aromatic carbocycles. The van der Waals surface area contributed by atoms with Crippen LogP contribution in [-0.2, 0) is 9.31 Å². The molecule has 1 atom stereocenters. The normalized spacial score (nSPS) is 25.1. The fourth-order valence-electron chi connectivity index (χ4n) is 2.69. The van der Waals surface area contributed by atoms with Crippen LogP contribution in [0.4, 0.5) is 5.69 Å². The highest BCUT2D eigenvalue weighted by Crippen LogP contribution is 2.39. The van der Waals surface area contributed by atoms with Gasteiger partial charge in [0.2, 0.25) is 0 Å². The number of rotatable bonds is 3. The molecule has 1 saturated heterocycles. The zero-order valence-corrected chi connectivity index (χ0v) is 13.8. The fourth-order valence-corrected chi connectivity index (χ4v) is 2.69. The molecule has 1 heterocycles. The molecule has 110 valence electrons. The molecule has 0 saturated carbocycles. The van der Waals surface area contributed by atoms with Crippen molar-refractivity contribution in [2.75, 3.05) is 19.0 Å². The van der Waals surface area contributed by atoms with Crippen molar-refractivity contribution < 1.29 is 9.31 Å². The van der Waals surface area contributed by atoms with E-state index in [4.69, 9.17) is 9.31 Å². The van der Waals surface area contributed by atoms with E-state index in [-0.39, 0.29) is 18.3 Å². The van der Waals surface area contributed by atoms with Crippen LogP contribution < -0.4 is 10.4 Å². The van der Waals surface area contributed by atoms with Gasteiger partial charge in [0, 0.05) is 19.8 Å². The van der Waals surface area contributed by atoms with Gasteiger partial charge >= 0.3 is 7.12 Å². The highest BCUT2D eigenvalue weighted by molar-refractivity contribution is 6.62. The summed E-state index contributed by atoms with van der Waals surface area (Å²) in [5.74, 6) is 0. The van der Waals surface area contributed by atoms with Crippen LogP contribution in [0.1, 0.15) is 39.7 Å². The lowest BCUT2D eigenvalue weighted by Crippen LogP contribution is -2.44. The minimum absolute atomic E-state index is 0.249. The molecule has 0 bridgehead atoms. The molecule has 0 aliphatic carbocycles. The summed E-state index contributed by atoms with van der Waals surface area (Å²) < 4.78 is 12.4. The maximum Gasteiger partial charge on any atom is 0.494 e. The van der Waals surface area contributed by atoms with Crippen LogP contribution in [0.15, 0.2) is 18.2 Å². The molecule has 20 heavy (non-hydrogen) atoms. The van der Waals surface area contributed by atoms with E-state index < -0.39 is 0 Å². The maximum absolute atomic E-state index is 6.23. The van der Waals surface area contributed by atoms with Crippen molar-refractivity contribution in [1.82, 2.24) is 0 Å². The largest absolute Gasteiger partial charge is 0.494 e. The summed E-state index contributed by atoms with van der Waals surface area (Å²) >= 11 is 0. The van der Waals surface area contributed by atoms with Crippen molar-refractivity contribution in [3.8, 4) is 0 Å². The average molecular weight is 275 g/mol. The van der Waals surface area contributed by atoms with E-state index in [0.29, 0.717) is 0 Å². The van der Waals surface area contributed by atoms with Crippen LogP contribution in [0, 0.1) is 6.92 Å². The zero-order valence-electron chi connectivity index (χ0n) is 13.8. The molecule has 1 aromatic rings. The Bertz CT molecular complexity index is 501. The lowest BCUT2D eigenvalue weighted by atomic mass is 9.78. The Morgan fingerprint density at radius 1 is 1.15 bits per heavy atom. The summed E-state index contributed by atoms with van der Waals surface area (Å²) in [5.41, 5.74) is 3.02. The van der Waals surface area contributed by atoms with Gasteiger partial charge in [-0.1, -0.05) is 19.1 Å². The molecule has 2 rings (SSSR count). The summed E-state index contributed by atoms with van der Waals surface area (Å²) in [5, 5.41) is 0. The number of benzene rings is 1. The second-order valence-electron chi connectivity index (χ2n) is 6.60.